The smallest absolute Gasteiger partial charge is 0.201 e. The third-order valence-corrected chi connectivity index (χ3v) is 2.47. The first kappa shape index (κ1) is 10.8. The maximum atomic E-state index is 13.8. The molecule has 2 aromatic carbocycles. The highest BCUT2D eigenvalue weighted by molar-refractivity contribution is 5.24. The Morgan fingerprint density at radius 2 is 1.25 bits per heavy atom. The Hall–Kier alpha value is -1.70. The van der Waals surface area contributed by atoms with Crippen LogP contribution < -0.4 is 0 Å². The van der Waals surface area contributed by atoms with E-state index in [4.69, 9.17) is 0 Å². The molecule has 0 saturated heterocycles. The molecular weight excluding hydrogens is 206 g/mol. The van der Waals surface area contributed by atoms with Gasteiger partial charge in [-0.15, -0.1) is 0 Å². The van der Waals surface area contributed by atoms with Crippen LogP contribution in [0.15, 0.2) is 60.7 Å². The van der Waals surface area contributed by atoms with Crippen molar-refractivity contribution in [3.05, 3.63) is 71.8 Å². The summed E-state index contributed by atoms with van der Waals surface area (Å²) in [7, 11) is 0. The predicted molar refractivity (Wildman–Crippen MR) is 60.5 cm³/mol. The van der Waals surface area contributed by atoms with Crippen LogP contribution in [-0.4, -0.2) is 0 Å². The van der Waals surface area contributed by atoms with Crippen molar-refractivity contribution in [3.63, 3.8) is 0 Å². The van der Waals surface area contributed by atoms with Gasteiger partial charge in [0.15, 0.2) is 0 Å². The molecule has 0 spiro atoms. The molecule has 82 valence electrons. The molecule has 0 aliphatic heterocycles. The van der Waals surface area contributed by atoms with E-state index in [1.54, 1.807) is 42.5 Å². The van der Waals surface area contributed by atoms with Gasteiger partial charge in [0, 0.05) is 12.0 Å². The normalized spacial score (nSPS) is 11.4. The van der Waals surface area contributed by atoms with E-state index in [0.29, 0.717) is 5.56 Å². The van der Waals surface area contributed by atoms with Gasteiger partial charge in [0.2, 0.25) is 0 Å². The molecule has 0 N–H and O–H groups in total. The van der Waals surface area contributed by atoms with Crippen LogP contribution in [0.2, 0.25) is 0 Å². The molecule has 0 heterocycles. The van der Waals surface area contributed by atoms with Gasteiger partial charge in [-0.1, -0.05) is 60.7 Å². The van der Waals surface area contributed by atoms with Crippen molar-refractivity contribution in [2.45, 2.75) is 12.3 Å². The molecule has 0 radical (unpaired) electrons. The second kappa shape index (κ2) is 4.44. The van der Waals surface area contributed by atoms with Crippen molar-refractivity contribution in [3.8, 4) is 0 Å². The standard InChI is InChI=1S/C14H12F2/c15-14(16,13-9-5-2-6-10-13)11-12-7-3-1-4-8-12/h1-10H,11H2. The summed E-state index contributed by atoms with van der Waals surface area (Å²) in [5, 5.41) is 0. The van der Waals surface area contributed by atoms with Gasteiger partial charge in [0.25, 0.3) is 5.92 Å². The summed E-state index contributed by atoms with van der Waals surface area (Å²) < 4.78 is 27.7. The topological polar surface area (TPSA) is 0 Å². The van der Waals surface area contributed by atoms with Crippen LogP contribution in [0.3, 0.4) is 0 Å². The Balaban J connectivity index is 2.21. The lowest BCUT2D eigenvalue weighted by atomic mass is 10.0. The number of rotatable bonds is 3. The van der Waals surface area contributed by atoms with E-state index >= 15 is 0 Å². The lowest BCUT2D eigenvalue weighted by Gasteiger charge is -2.16. The molecule has 0 bridgehead atoms. The molecule has 0 nitrogen and oxygen atoms in total. The van der Waals surface area contributed by atoms with Crippen LogP contribution >= 0.6 is 0 Å². The summed E-state index contributed by atoms with van der Waals surface area (Å²) in [6.07, 6.45) is -0.252. The summed E-state index contributed by atoms with van der Waals surface area (Å²) in [4.78, 5) is 0. The van der Waals surface area contributed by atoms with Gasteiger partial charge in [-0.05, 0) is 5.56 Å². The van der Waals surface area contributed by atoms with Gasteiger partial charge in [-0.25, -0.2) is 8.78 Å². The van der Waals surface area contributed by atoms with Gasteiger partial charge in [0.1, 0.15) is 0 Å². The van der Waals surface area contributed by atoms with Gasteiger partial charge in [-0.2, -0.15) is 0 Å². The molecule has 2 aromatic rings. The maximum Gasteiger partial charge on any atom is 0.277 e. The minimum Gasteiger partial charge on any atom is -0.201 e. The number of hydrogen-bond acceptors (Lipinski definition) is 0. The first-order valence-corrected chi connectivity index (χ1v) is 5.16. The van der Waals surface area contributed by atoms with E-state index in [0.717, 1.165) is 0 Å². The third-order valence-electron chi connectivity index (χ3n) is 2.47. The lowest BCUT2D eigenvalue weighted by Crippen LogP contribution is -2.16. The van der Waals surface area contributed by atoms with Crippen molar-refractivity contribution in [1.82, 2.24) is 0 Å². The van der Waals surface area contributed by atoms with E-state index < -0.39 is 5.92 Å². The minimum absolute atomic E-state index is 0.0684. The molecule has 2 heteroatoms. The number of hydrogen-bond donors (Lipinski definition) is 0. The quantitative estimate of drug-likeness (QED) is 0.729. The van der Waals surface area contributed by atoms with Gasteiger partial charge < -0.3 is 0 Å². The van der Waals surface area contributed by atoms with Crippen LogP contribution in [0.4, 0.5) is 8.78 Å². The highest BCUT2D eigenvalue weighted by Gasteiger charge is 2.31. The number of halogens is 2. The Morgan fingerprint density at radius 1 is 0.750 bits per heavy atom. The lowest BCUT2D eigenvalue weighted by molar-refractivity contribution is -0.00381. The first-order valence-electron chi connectivity index (χ1n) is 5.16. The zero-order valence-corrected chi connectivity index (χ0v) is 8.74. The zero-order chi connectivity index (χ0) is 11.4. The van der Waals surface area contributed by atoms with E-state index in [1.807, 2.05) is 6.07 Å². The molecule has 0 atom stereocenters. The summed E-state index contributed by atoms with van der Waals surface area (Å²) >= 11 is 0. The second-order valence-electron chi connectivity index (χ2n) is 3.73. The average Bonchev–Trinajstić information content (AvgIpc) is 2.31. The molecule has 0 saturated carbocycles. The fraction of sp³-hybridized carbons (Fsp3) is 0.143. The van der Waals surface area contributed by atoms with Crippen molar-refractivity contribution < 1.29 is 8.78 Å². The van der Waals surface area contributed by atoms with Crippen LogP contribution in [0.5, 0.6) is 0 Å². The summed E-state index contributed by atoms with van der Waals surface area (Å²) in [6.45, 7) is 0. The fourth-order valence-electron chi connectivity index (χ4n) is 1.64. The zero-order valence-electron chi connectivity index (χ0n) is 8.74. The average molecular weight is 218 g/mol. The molecule has 0 aliphatic rings. The Labute approximate surface area is 93.5 Å². The Bertz CT molecular complexity index is 435. The molecule has 0 unspecified atom stereocenters. The summed E-state index contributed by atoms with van der Waals surface area (Å²) in [5.41, 5.74) is 0.718. The van der Waals surface area contributed by atoms with Crippen LogP contribution in [-0.2, 0) is 12.3 Å². The van der Waals surface area contributed by atoms with Crippen LogP contribution in [0.1, 0.15) is 11.1 Å². The molecular formula is C14H12F2. The van der Waals surface area contributed by atoms with Crippen molar-refractivity contribution >= 4 is 0 Å². The van der Waals surface area contributed by atoms with E-state index in [-0.39, 0.29) is 12.0 Å². The predicted octanol–water partition coefficient (Wildman–Crippen LogP) is 4.02. The fourth-order valence-corrected chi connectivity index (χ4v) is 1.64. The van der Waals surface area contributed by atoms with Gasteiger partial charge in [0.05, 0.1) is 0 Å². The summed E-state index contributed by atoms with van der Waals surface area (Å²) in [6, 6.07) is 16.7. The van der Waals surface area contributed by atoms with Crippen LogP contribution in [0.25, 0.3) is 0 Å². The van der Waals surface area contributed by atoms with Gasteiger partial charge >= 0.3 is 0 Å². The van der Waals surface area contributed by atoms with Crippen molar-refractivity contribution in [2.24, 2.45) is 0 Å². The SMILES string of the molecule is FC(F)(Cc1ccccc1)c1ccccc1. The van der Waals surface area contributed by atoms with Crippen LogP contribution in [0, 0.1) is 0 Å². The highest BCUT2D eigenvalue weighted by atomic mass is 19.3. The minimum atomic E-state index is -2.80. The molecule has 16 heavy (non-hydrogen) atoms. The summed E-state index contributed by atoms with van der Waals surface area (Å²) in [5.74, 6) is -2.80. The van der Waals surface area contributed by atoms with E-state index in [2.05, 4.69) is 0 Å². The highest BCUT2D eigenvalue weighted by Crippen LogP contribution is 2.31. The van der Waals surface area contributed by atoms with Crippen molar-refractivity contribution in [2.75, 3.05) is 0 Å². The Morgan fingerprint density at radius 3 is 1.81 bits per heavy atom. The molecule has 2 rings (SSSR count). The molecule has 0 aliphatic carbocycles. The monoisotopic (exact) mass is 218 g/mol. The molecule has 0 amide bonds. The van der Waals surface area contributed by atoms with E-state index in [9.17, 15) is 8.78 Å². The maximum absolute atomic E-state index is 13.8. The number of benzene rings is 2. The molecule has 0 aromatic heterocycles. The van der Waals surface area contributed by atoms with E-state index in [1.165, 1.54) is 12.1 Å². The number of alkyl halides is 2. The van der Waals surface area contributed by atoms with Crippen molar-refractivity contribution in [1.29, 1.82) is 0 Å². The Kier molecular flexibility index (Phi) is 3.00. The molecule has 0 fully saturated rings. The first-order chi connectivity index (χ1) is 7.68. The van der Waals surface area contributed by atoms with Gasteiger partial charge in [-0.3, -0.25) is 0 Å². The second-order valence-corrected chi connectivity index (χ2v) is 3.73. The third kappa shape index (κ3) is 2.45. The largest absolute Gasteiger partial charge is 0.277 e.